The molecular formula is C16H11F3N4O3. The number of anilines is 2. The number of hydrazine groups is 2. The van der Waals surface area contributed by atoms with Gasteiger partial charge < -0.3 is 15.2 Å². The normalized spacial score (nSPS) is 16.3. The second-order valence-corrected chi connectivity index (χ2v) is 5.46. The Kier molecular flexibility index (Phi) is 3.44. The Morgan fingerprint density at radius 1 is 1.00 bits per heavy atom. The van der Waals surface area contributed by atoms with Crippen LogP contribution in [0, 0.1) is 0 Å². The molecule has 2 aliphatic heterocycles. The minimum Gasteiger partial charge on any atom is -0.491 e. The maximum atomic E-state index is 12.2. The number of aliphatic hydroxyl groups excluding tert-OH is 1. The molecule has 2 aromatic carbocycles. The van der Waals surface area contributed by atoms with E-state index in [-0.39, 0.29) is 23.4 Å². The Bertz CT molecular complexity index is 912. The second kappa shape index (κ2) is 5.56. The van der Waals surface area contributed by atoms with Crippen LogP contribution in [0.15, 0.2) is 60.2 Å². The monoisotopic (exact) mass is 364 g/mol. The van der Waals surface area contributed by atoms with Crippen molar-refractivity contribution in [3.63, 3.8) is 0 Å². The number of fused-ring (bicyclic) bond motifs is 3. The Balaban J connectivity index is 1.64. The minimum atomic E-state index is -4.79. The number of ether oxygens (including phenoxy) is 1. The van der Waals surface area contributed by atoms with Gasteiger partial charge in [0.1, 0.15) is 5.75 Å². The molecule has 0 spiro atoms. The number of aliphatic hydroxyl groups is 1. The SMILES string of the molecule is O=C1NC2=C(O)N(c3ccc(OC(F)(F)F)cc3)NN2c2ccccc21. The topological polar surface area (TPSA) is 77.1 Å². The number of nitrogens with one attached hydrogen (secondary N) is 2. The summed E-state index contributed by atoms with van der Waals surface area (Å²) in [7, 11) is 0. The smallest absolute Gasteiger partial charge is 0.491 e. The van der Waals surface area contributed by atoms with E-state index in [4.69, 9.17) is 0 Å². The van der Waals surface area contributed by atoms with Gasteiger partial charge in [0.2, 0.25) is 0 Å². The Morgan fingerprint density at radius 2 is 1.69 bits per heavy atom. The van der Waals surface area contributed by atoms with Gasteiger partial charge in [-0.15, -0.1) is 18.7 Å². The second-order valence-electron chi connectivity index (χ2n) is 5.46. The summed E-state index contributed by atoms with van der Waals surface area (Å²) in [5, 5.41) is 15.7. The molecule has 2 heterocycles. The number of benzene rings is 2. The molecule has 0 fully saturated rings. The van der Waals surface area contributed by atoms with Gasteiger partial charge in [0, 0.05) is 0 Å². The van der Waals surface area contributed by atoms with E-state index in [0.717, 1.165) is 12.1 Å². The van der Waals surface area contributed by atoms with Crippen LogP contribution in [0.3, 0.4) is 0 Å². The van der Waals surface area contributed by atoms with Crippen LogP contribution in [0.4, 0.5) is 24.5 Å². The average Bonchev–Trinajstić information content (AvgIpc) is 2.92. The van der Waals surface area contributed by atoms with Crippen molar-refractivity contribution in [2.45, 2.75) is 6.36 Å². The first-order valence-electron chi connectivity index (χ1n) is 7.39. The number of alkyl halides is 3. The van der Waals surface area contributed by atoms with E-state index >= 15 is 0 Å². The summed E-state index contributed by atoms with van der Waals surface area (Å²) in [5.41, 5.74) is 4.14. The fraction of sp³-hybridized carbons (Fsp3) is 0.0625. The number of hydrogen-bond donors (Lipinski definition) is 3. The van der Waals surface area contributed by atoms with Crippen LogP contribution in [0.2, 0.25) is 0 Å². The van der Waals surface area contributed by atoms with Crippen molar-refractivity contribution in [3.05, 3.63) is 65.8 Å². The van der Waals surface area contributed by atoms with Crippen molar-refractivity contribution in [1.29, 1.82) is 0 Å². The molecule has 0 atom stereocenters. The number of para-hydroxylation sites is 1. The number of hydrogen-bond acceptors (Lipinski definition) is 6. The lowest BCUT2D eigenvalue weighted by Crippen LogP contribution is -2.47. The fourth-order valence-electron chi connectivity index (χ4n) is 2.70. The fourth-order valence-corrected chi connectivity index (χ4v) is 2.70. The van der Waals surface area contributed by atoms with Crippen LogP contribution in [0.1, 0.15) is 10.4 Å². The van der Waals surface area contributed by atoms with E-state index in [0.29, 0.717) is 16.9 Å². The zero-order valence-corrected chi connectivity index (χ0v) is 12.9. The summed E-state index contributed by atoms with van der Waals surface area (Å²) in [4.78, 5) is 12.1. The predicted molar refractivity (Wildman–Crippen MR) is 84.8 cm³/mol. The zero-order chi connectivity index (χ0) is 18.5. The first-order chi connectivity index (χ1) is 12.3. The van der Waals surface area contributed by atoms with Crippen molar-refractivity contribution in [2.24, 2.45) is 0 Å². The highest BCUT2D eigenvalue weighted by atomic mass is 19.4. The van der Waals surface area contributed by atoms with Crippen LogP contribution in [0.25, 0.3) is 0 Å². The van der Waals surface area contributed by atoms with Gasteiger partial charge >= 0.3 is 6.36 Å². The van der Waals surface area contributed by atoms with Crippen molar-refractivity contribution in [3.8, 4) is 5.75 Å². The lowest BCUT2D eigenvalue weighted by atomic mass is 10.1. The van der Waals surface area contributed by atoms with Gasteiger partial charge in [-0.05, 0) is 36.4 Å². The molecule has 0 aromatic heterocycles. The molecule has 0 saturated carbocycles. The first kappa shape index (κ1) is 16.1. The summed E-state index contributed by atoms with van der Waals surface area (Å²) in [6.45, 7) is 0. The molecule has 0 radical (unpaired) electrons. The largest absolute Gasteiger partial charge is 0.573 e. The van der Waals surface area contributed by atoms with E-state index in [1.807, 2.05) is 0 Å². The molecular weight excluding hydrogens is 353 g/mol. The van der Waals surface area contributed by atoms with Gasteiger partial charge in [-0.25, -0.2) is 10.0 Å². The minimum absolute atomic E-state index is 0.115. The van der Waals surface area contributed by atoms with Gasteiger partial charge in [0.05, 0.1) is 16.9 Å². The van der Waals surface area contributed by atoms with Gasteiger partial charge in [-0.2, -0.15) is 0 Å². The number of rotatable bonds is 2. The van der Waals surface area contributed by atoms with E-state index < -0.39 is 6.36 Å². The molecule has 0 bridgehead atoms. The highest BCUT2D eigenvalue weighted by Gasteiger charge is 2.38. The molecule has 10 heteroatoms. The molecule has 0 saturated heterocycles. The lowest BCUT2D eigenvalue weighted by Gasteiger charge is -2.28. The van der Waals surface area contributed by atoms with Crippen molar-refractivity contribution >= 4 is 17.3 Å². The lowest BCUT2D eigenvalue weighted by molar-refractivity contribution is -0.274. The molecule has 3 N–H and O–H groups in total. The summed E-state index contributed by atoms with van der Waals surface area (Å²) in [6.07, 6.45) is -4.79. The van der Waals surface area contributed by atoms with E-state index in [1.54, 1.807) is 24.3 Å². The van der Waals surface area contributed by atoms with E-state index in [9.17, 15) is 23.1 Å². The molecule has 0 unspecified atom stereocenters. The molecule has 26 heavy (non-hydrogen) atoms. The predicted octanol–water partition coefficient (Wildman–Crippen LogP) is 2.76. The molecule has 134 valence electrons. The summed E-state index contributed by atoms with van der Waals surface area (Å²) < 4.78 is 40.6. The maximum absolute atomic E-state index is 12.2. The van der Waals surface area contributed by atoms with Gasteiger partial charge in [-0.3, -0.25) is 4.79 Å². The molecule has 4 rings (SSSR count). The number of amides is 1. The summed E-state index contributed by atoms with van der Waals surface area (Å²) in [5.74, 6) is -0.957. The highest BCUT2D eigenvalue weighted by molar-refractivity contribution is 6.03. The van der Waals surface area contributed by atoms with Gasteiger partial charge in [0.15, 0.2) is 5.82 Å². The standard InChI is InChI=1S/C16H11F3N4O3/c17-16(18,19)26-10-7-5-9(6-8-10)22-15(25)13-20-14(24)11-3-1-2-4-12(11)23(13)21-22/h1-8,21,25H,(H,20,24). The number of nitrogens with zero attached hydrogens (tertiary/aromatic N) is 2. The van der Waals surface area contributed by atoms with Crippen LogP contribution in [0.5, 0.6) is 5.75 Å². The van der Waals surface area contributed by atoms with E-state index in [2.05, 4.69) is 15.6 Å². The highest BCUT2D eigenvalue weighted by Crippen LogP contribution is 2.34. The van der Waals surface area contributed by atoms with Gasteiger partial charge in [0.25, 0.3) is 11.8 Å². The first-order valence-corrected chi connectivity index (χ1v) is 7.39. The Labute approximate surface area is 144 Å². The van der Waals surface area contributed by atoms with Crippen molar-refractivity contribution in [2.75, 3.05) is 10.0 Å². The molecule has 2 aliphatic rings. The third-order valence-corrected chi connectivity index (χ3v) is 3.80. The van der Waals surface area contributed by atoms with Gasteiger partial charge in [-0.1, -0.05) is 12.1 Å². The maximum Gasteiger partial charge on any atom is 0.573 e. The third kappa shape index (κ3) is 2.65. The van der Waals surface area contributed by atoms with Crippen molar-refractivity contribution < 1.29 is 27.8 Å². The van der Waals surface area contributed by atoms with Crippen molar-refractivity contribution in [1.82, 2.24) is 10.9 Å². The average molecular weight is 364 g/mol. The molecule has 7 nitrogen and oxygen atoms in total. The van der Waals surface area contributed by atoms with Crippen LogP contribution >= 0.6 is 0 Å². The molecule has 2 aromatic rings. The number of carbonyl (C=O) groups is 1. The third-order valence-electron chi connectivity index (χ3n) is 3.80. The Hall–Kier alpha value is -3.40. The number of carbonyl (C=O) groups excluding carboxylic acids is 1. The van der Waals surface area contributed by atoms with E-state index in [1.165, 1.54) is 22.2 Å². The van der Waals surface area contributed by atoms with Crippen LogP contribution in [-0.2, 0) is 0 Å². The Morgan fingerprint density at radius 3 is 2.38 bits per heavy atom. The quantitative estimate of drug-likeness (QED) is 0.761. The summed E-state index contributed by atoms with van der Waals surface area (Å²) in [6, 6.07) is 11.7. The molecule has 1 amide bonds. The van der Waals surface area contributed by atoms with Crippen LogP contribution in [-0.4, -0.2) is 17.4 Å². The zero-order valence-electron chi connectivity index (χ0n) is 12.9. The summed E-state index contributed by atoms with van der Waals surface area (Å²) >= 11 is 0. The number of halogens is 3. The van der Waals surface area contributed by atoms with Crippen LogP contribution < -0.4 is 25.6 Å². The molecule has 0 aliphatic carbocycles.